The van der Waals surface area contributed by atoms with Crippen molar-refractivity contribution in [2.24, 2.45) is 7.05 Å². The fourth-order valence-corrected chi connectivity index (χ4v) is 1.63. The van der Waals surface area contributed by atoms with E-state index in [4.69, 9.17) is 9.47 Å². The molecule has 0 aliphatic carbocycles. The Morgan fingerprint density at radius 3 is 2.79 bits per heavy atom. The first-order valence-corrected chi connectivity index (χ1v) is 6.66. The van der Waals surface area contributed by atoms with Gasteiger partial charge in [0, 0.05) is 38.0 Å². The minimum atomic E-state index is -0.501. The van der Waals surface area contributed by atoms with E-state index in [9.17, 15) is 5.11 Å². The Morgan fingerprint density at radius 1 is 1.42 bits per heavy atom. The second kappa shape index (κ2) is 9.03. The van der Waals surface area contributed by atoms with Gasteiger partial charge in [-0.05, 0) is 13.8 Å². The first-order chi connectivity index (χ1) is 9.15. The molecule has 0 aromatic carbocycles. The van der Waals surface area contributed by atoms with Crippen LogP contribution in [0, 0.1) is 6.92 Å². The maximum atomic E-state index is 9.71. The summed E-state index contributed by atoms with van der Waals surface area (Å²) in [6, 6.07) is 0. The van der Waals surface area contributed by atoms with E-state index in [0.717, 1.165) is 11.3 Å². The van der Waals surface area contributed by atoms with Crippen molar-refractivity contribution in [3.63, 3.8) is 0 Å². The molecule has 6 nitrogen and oxygen atoms in total. The lowest BCUT2D eigenvalue weighted by Crippen LogP contribution is -2.30. The molecule has 0 aliphatic heterocycles. The second-order valence-corrected chi connectivity index (χ2v) is 4.44. The van der Waals surface area contributed by atoms with E-state index < -0.39 is 6.10 Å². The van der Waals surface area contributed by atoms with Gasteiger partial charge in [0.15, 0.2) is 0 Å². The van der Waals surface area contributed by atoms with Crippen LogP contribution in [-0.2, 0) is 23.1 Å². The SMILES string of the molecule is CCOCCOCC(O)CNCc1cnn(C)c1C. The number of nitrogens with one attached hydrogen (secondary N) is 1. The molecule has 0 aliphatic rings. The molecule has 1 aromatic rings. The number of nitrogens with zero attached hydrogens (tertiary/aromatic N) is 2. The van der Waals surface area contributed by atoms with Gasteiger partial charge >= 0.3 is 0 Å². The predicted molar refractivity (Wildman–Crippen MR) is 73.0 cm³/mol. The maximum Gasteiger partial charge on any atom is 0.0897 e. The van der Waals surface area contributed by atoms with Gasteiger partial charge in [0.25, 0.3) is 0 Å². The number of aromatic nitrogens is 2. The van der Waals surface area contributed by atoms with E-state index in [1.165, 1.54) is 0 Å². The molecule has 0 saturated heterocycles. The van der Waals surface area contributed by atoms with Crippen LogP contribution in [0.5, 0.6) is 0 Å². The number of aliphatic hydroxyl groups excluding tert-OH is 1. The third-order valence-corrected chi connectivity index (χ3v) is 2.92. The van der Waals surface area contributed by atoms with E-state index in [0.29, 0.717) is 39.5 Å². The largest absolute Gasteiger partial charge is 0.389 e. The summed E-state index contributed by atoms with van der Waals surface area (Å²) in [7, 11) is 1.92. The molecule has 1 rings (SSSR count). The molecular formula is C13H25N3O3. The van der Waals surface area contributed by atoms with Gasteiger partial charge in [-0.1, -0.05) is 0 Å². The van der Waals surface area contributed by atoms with E-state index in [-0.39, 0.29) is 0 Å². The topological polar surface area (TPSA) is 68.5 Å². The van der Waals surface area contributed by atoms with Gasteiger partial charge in [-0.2, -0.15) is 5.10 Å². The number of ether oxygens (including phenoxy) is 2. The zero-order valence-electron chi connectivity index (χ0n) is 12.1. The van der Waals surface area contributed by atoms with Gasteiger partial charge in [0.1, 0.15) is 0 Å². The Bertz CT molecular complexity index is 355. The van der Waals surface area contributed by atoms with Gasteiger partial charge in [-0.3, -0.25) is 4.68 Å². The number of hydrogen-bond donors (Lipinski definition) is 2. The lowest BCUT2D eigenvalue weighted by Gasteiger charge is -2.12. The maximum absolute atomic E-state index is 9.71. The van der Waals surface area contributed by atoms with Crippen LogP contribution in [0.4, 0.5) is 0 Å². The molecule has 1 aromatic heterocycles. The minimum absolute atomic E-state index is 0.325. The summed E-state index contributed by atoms with van der Waals surface area (Å²) in [4.78, 5) is 0. The van der Waals surface area contributed by atoms with Crippen LogP contribution in [0.3, 0.4) is 0 Å². The van der Waals surface area contributed by atoms with Crippen molar-refractivity contribution in [1.29, 1.82) is 0 Å². The van der Waals surface area contributed by atoms with Crippen LogP contribution in [-0.4, -0.2) is 54.0 Å². The van der Waals surface area contributed by atoms with Crippen LogP contribution in [0.25, 0.3) is 0 Å². The molecule has 1 heterocycles. The first-order valence-electron chi connectivity index (χ1n) is 6.66. The zero-order chi connectivity index (χ0) is 14.1. The molecule has 2 N–H and O–H groups in total. The van der Waals surface area contributed by atoms with Crippen molar-refractivity contribution >= 4 is 0 Å². The number of aliphatic hydroxyl groups is 1. The summed E-state index contributed by atoms with van der Waals surface area (Å²) in [5.41, 5.74) is 2.28. The number of aryl methyl sites for hydroxylation is 1. The van der Waals surface area contributed by atoms with Gasteiger partial charge in [0.2, 0.25) is 0 Å². The monoisotopic (exact) mass is 271 g/mol. The predicted octanol–water partition coefficient (Wildman–Crippen LogP) is 0.232. The molecule has 110 valence electrons. The van der Waals surface area contributed by atoms with Crippen molar-refractivity contribution in [3.8, 4) is 0 Å². The summed E-state index contributed by atoms with van der Waals surface area (Å²) >= 11 is 0. The highest BCUT2D eigenvalue weighted by Crippen LogP contribution is 2.04. The van der Waals surface area contributed by atoms with Gasteiger partial charge in [-0.25, -0.2) is 0 Å². The average molecular weight is 271 g/mol. The second-order valence-electron chi connectivity index (χ2n) is 4.44. The zero-order valence-corrected chi connectivity index (χ0v) is 12.1. The summed E-state index contributed by atoms with van der Waals surface area (Å²) in [6.07, 6.45) is 1.34. The molecular weight excluding hydrogens is 246 g/mol. The molecule has 0 amide bonds. The summed E-state index contributed by atoms with van der Waals surface area (Å²) in [5.74, 6) is 0. The highest BCUT2D eigenvalue weighted by atomic mass is 16.5. The van der Waals surface area contributed by atoms with E-state index in [1.54, 1.807) is 0 Å². The van der Waals surface area contributed by atoms with Crippen LogP contribution < -0.4 is 5.32 Å². The van der Waals surface area contributed by atoms with Crippen molar-refractivity contribution in [3.05, 3.63) is 17.5 Å². The Kier molecular flexibility index (Phi) is 7.66. The van der Waals surface area contributed by atoms with Crippen molar-refractivity contribution in [1.82, 2.24) is 15.1 Å². The number of rotatable bonds is 10. The normalized spacial score (nSPS) is 12.8. The molecule has 0 fully saturated rings. The molecule has 1 atom stereocenters. The Morgan fingerprint density at radius 2 is 2.16 bits per heavy atom. The highest BCUT2D eigenvalue weighted by molar-refractivity contribution is 5.15. The summed E-state index contributed by atoms with van der Waals surface area (Å²) in [6.45, 7) is 7.29. The molecule has 6 heteroatoms. The summed E-state index contributed by atoms with van der Waals surface area (Å²) in [5, 5.41) is 17.1. The standard InChI is InChI=1S/C13H25N3O3/c1-4-18-5-6-19-10-13(17)9-14-7-12-8-15-16(3)11(12)2/h8,13-14,17H,4-7,9-10H2,1-3H3. The van der Waals surface area contributed by atoms with Crippen LogP contribution in [0.1, 0.15) is 18.2 Å². The molecule has 0 radical (unpaired) electrons. The number of hydrogen-bond acceptors (Lipinski definition) is 5. The molecule has 19 heavy (non-hydrogen) atoms. The molecule has 1 unspecified atom stereocenters. The Hall–Kier alpha value is -0.950. The van der Waals surface area contributed by atoms with Crippen LogP contribution in [0.2, 0.25) is 0 Å². The Balaban J connectivity index is 2.07. The van der Waals surface area contributed by atoms with Gasteiger partial charge < -0.3 is 19.9 Å². The van der Waals surface area contributed by atoms with Crippen LogP contribution >= 0.6 is 0 Å². The van der Waals surface area contributed by atoms with Gasteiger partial charge in [-0.15, -0.1) is 0 Å². The van der Waals surface area contributed by atoms with E-state index in [1.807, 2.05) is 31.8 Å². The molecule has 0 bridgehead atoms. The quantitative estimate of drug-likeness (QED) is 0.596. The Labute approximate surface area is 114 Å². The molecule has 0 saturated carbocycles. The average Bonchev–Trinajstić information content (AvgIpc) is 2.70. The fraction of sp³-hybridized carbons (Fsp3) is 0.769. The third-order valence-electron chi connectivity index (χ3n) is 2.92. The smallest absolute Gasteiger partial charge is 0.0897 e. The minimum Gasteiger partial charge on any atom is -0.389 e. The van der Waals surface area contributed by atoms with E-state index in [2.05, 4.69) is 10.4 Å². The summed E-state index contributed by atoms with van der Waals surface area (Å²) < 4.78 is 12.3. The lowest BCUT2D eigenvalue weighted by atomic mass is 10.2. The fourth-order valence-electron chi connectivity index (χ4n) is 1.63. The molecule has 0 spiro atoms. The van der Waals surface area contributed by atoms with Crippen molar-refractivity contribution in [2.75, 3.05) is 33.0 Å². The van der Waals surface area contributed by atoms with E-state index >= 15 is 0 Å². The van der Waals surface area contributed by atoms with Crippen molar-refractivity contribution < 1.29 is 14.6 Å². The van der Waals surface area contributed by atoms with Gasteiger partial charge in [0.05, 0.1) is 32.1 Å². The van der Waals surface area contributed by atoms with Crippen molar-refractivity contribution in [2.45, 2.75) is 26.5 Å². The van der Waals surface area contributed by atoms with Crippen LogP contribution in [0.15, 0.2) is 6.20 Å². The third kappa shape index (κ3) is 6.15. The lowest BCUT2D eigenvalue weighted by molar-refractivity contribution is 0.00642. The first kappa shape index (κ1) is 16.1. The highest BCUT2D eigenvalue weighted by Gasteiger charge is 2.06.